The van der Waals surface area contributed by atoms with Crippen molar-refractivity contribution in [2.24, 2.45) is 5.92 Å². The Morgan fingerprint density at radius 3 is 2.54 bits per heavy atom. The Kier molecular flexibility index (Phi) is 4.99. The third-order valence-corrected chi connectivity index (χ3v) is 5.58. The van der Waals surface area contributed by atoms with Crippen LogP contribution in [0.4, 0.5) is 10.5 Å². The molecule has 26 heavy (non-hydrogen) atoms. The van der Waals surface area contributed by atoms with Gasteiger partial charge in [0.1, 0.15) is 12.1 Å². The number of benzene rings is 1. The van der Waals surface area contributed by atoms with E-state index < -0.39 is 41.8 Å². The van der Waals surface area contributed by atoms with E-state index in [1.165, 1.54) is 0 Å². The highest BCUT2D eigenvalue weighted by molar-refractivity contribution is 9.10. The van der Waals surface area contributed by atoms with Crippen LogP contribution in [0, 0.1) is 5.92 Å². The third-order valence-electron chi connectivity index (χ3n) is 4.88. The smallest absolute Gasteiger partial charge is 0.325 e. The Balaban J connectivity index is 1.65. The van der Waals surface area contributed by atoms with E-state index in [-0.39, 0.29) is 12.8 Å². The molecule has 0 atom stereocenters. The van der Waals surface area contributed by atoms with Gasteiger partial charge in [-0.05, 0) is 53.7 Å². The number of carboxylic acid groups (broad SMARTS) is 1. The van der Waals surface area contributed by atoms with Crippen molar-refractivity contribution in [1.29, 1.82) is 0 Å². The Hall–Kier alpha value is -2.42. The monoisotopic (exact) mass is 423 g/mol. The lowest BCUT2D eigenvalue weighted by Gasteiger charge is -2.33. The van der Waals surface area contributed by atoms with Crippen LogP contribution in [0.3, 0.4) is 0 Å². The number of aliphatic carboxylic acids is 1. The average molecular weight is 424 g/mol. The second-order valence-electron chi connectivity index (χ2n) is 6.54. The summed E-state index contributed by atoms with van der Waals surface area (Å²) in [5.74, 6) is -2.34. The predicted octanol–water partition coefficient (Wildman–Crippen LogP) is 1.95. The van der Waals surface area contributed by atoms with E-state index in [0.29, 0.717) is 23.0 Å². The van der Waals surface area contributed by atoms with Crippen molar-refractivity contribution in [2.45, 2.75) is 31.2 Å². The van der Waals surface area contributed by atoms with Gasteiger partial charge < -0.3 is 15.7 Å². The highest BCUT2D eigenvalue weighted by Gasteiger charge is 2.53. The molecular formula is C17H18BrN3O5. The van der Waals surface area contributed by atoms with Gasteiger partial charge in [0.2, 0.25) is 5.91 Å². The summed E-state index contributed by atoms with van der Waals surface area (Å²) in [5, 5.41) is 14.4. The van der Waals surface area contributed by atoms with Gasteiger partial charge in [0, 0.05) is 4.47 Å². The minimum absolute atomic E-state index is 0.261. The van der Waals surface area contributed by atoms with Crippen LogP contribution in [0.1, 0.15) is 25.7 Å². The molecule has 3 N–H and O–H groups in total. The van der Waals surface area contributed by atoms with E-state index in [4.69, 9.17) is 5.11 Å². The van der Waals surface area contributed by atoms with Gasteiger partial charge in [-0.25, -0.2) is 4.79 Å². The summed E-state index contributed by atoms with van der Waals surface area (Å²) >= 11 is 3.31. The fraction of sp³-hybridized carbons (Fsp3) is 0.412. The summed E-state index contributed by atoms with van der Waals surface area (Å²) in [5.41, 5.74) is -0.544. The SMILES string of the molecule is O=C(CN1C(=O)NC2(CCC(C(=O)O)CC2)C1=O)Nc1ccccc1Br. The molecule has 1 saturated heterocycles. The van der Waals surface area contributed by atoms with Crippen molar-refractivity contribution in [3.05, 3.63) is 28.7 Å². The molecule has 1 spiro atoms. The lowest BCUT2D eigenvalue weighted by atomic mass is 9.76. The van der Waals surface area contributed by atoms with E-state index in [2.05, 4.69) is 26.6 Å². The van der Waals surface area contributed by atoms with Crippen molar-refractivity contribution >= 4 is 45.4 Å². The number of anilines is 1. The molecule has 9 heteroatoms. The van der Waals surface area contributed by atoms with Crippen molar-refractivity contribution in [1.82, 2.24) is 10.2 Å². The maximum absolute atomic E-state index is 12.7. The van der Waals surface area contributed by atoms with Crippen LogP contribution in [0.15, 0.2) is 28.7 Å². The second kappa shape index (κ2) is 7.06. The Labute approximate surface area is 158 Å². The molecule has 3 rings (SSSR count). The largest absolute Gasteiger partial charge is 0.481 e. The zero-order chi connectivity index (χ0) is 18.9. The van der Waals surface area contributed by atoms with Crippen molar-refractivity contribution in [3.8, 4) is 0 Å². The van der Waals surface area contributed by atoms with E-state index in [9.17, 15) is 19.2 Å². The molecule has 1 aliphatic carbocycles. The molecule has 8 nitrogen and oxygen atoms in total. The number of urea groups is 1. The quantitative estimate of drug-likeness (QED) is 0.639. The molecule has 1 heterocycles. The van der Waals surface area contributed by atoms with Crippen LogP contribution in [0.25, 0.3) is 0 Å². The molecule has 0 bridgehead atoms. The molecule has 1 saturated carbocycles. The van der Waals surface area contributed by atoms with Crippen molar-refractivity contribution in [3.63, 3.8) is 0 Å². The number of nitrogens with zero attached hydrogens (tertiary/aromatic N) is 1. The molecule has 0 unspecified atom stereocenters. The van der Waals surface area contributed by atoms with Gasteiger partial charge in [0.05, 0.1) is 11.6 Å². The second-order valence-corrected chi connectivity index (χ2v) is 7.40. The summed E-state index contributed by atoms with van der Waals surface area (Å²) in [6.45, 7) is -0.393. The first kappa shape index (κ1) is 18.4. The third kappa shape index (κ3) is 3.44. The minimum atomic E-state index is -1.09. The first-order valence-electron chi connectivity index (χ1n) is 8.24. The summed E-state index contributed by atoms with van der Waals surface area (Å²) in [4.78, 5) is 49.2. The van der Waals surface area contributed by atoms with Gasteiger partial charge in [0.25, 0.3) is 5.91 Å². The fourth-order valence-corrected chi connectivity index (χ4v) is 3.80. The summed E-state index contributed by atoms with van der Waals surface area (Å²) in [7, 11) is 0. The van der Waals surface area contributed by atoms with Crippen LogP contribution >= 0.6 is 15.9 Å². The van der Waals surface area contributed by atoms with Crippen LogP contribution < -0.4 is 10.6 Å². The maximum atomic E-state index is 12.7. The van der Waals surface area contributed by atoms with Gasteiger partial charge in [-0.1, -0.05) is 12.1 Å². The first-order chi connectivity index (χ1) is 12.3. The Morgan fingerprint density at radius 2 is 1.92 bits per heavy atom. The average Bonchev–Trinajstić information content (AvgIpc) is 2.82. The van der Waals surface area contributed by atoms with Crippen LogP contribution in [-0.4, -0.2) is 45.9 Å². The number of carbonyl (C=O) groups excluding carboxylic acids is 3. The lowest BCUT2D eigenvalue weighted by Crippen LogP contribution is -2.50. The molecule has 2 fully saturated rings. The number of carboxylic acids is 1. The normalized spacial score (nSPS) is 25.3. The number of carbonyl (C=O) groups is 4. The summed E-state index contributed by atoms with van der Waals surface area (Å²) < 4.78 is 0.689. The molecule has 1 aliphatic heterocycles. The van der Waals surface area contributed by atoms with Gasteiger partial charge in [-0.3, -0.25) is 19.3 Å². The van der Waals surface area contributed by atoms with Crippen LogP contribution in [0.2, 0.25) is 0 Å². The highest BCUT2D eigenvalue weighted by Crippen LogP contribution is 2.36. The zero-order valence-corrected chi connectivity index (χ0v) is 15.4. The number of amides is 4. The van der Waals surface area contributed by atoms with Crippen molar-refractivity contribution in [2.75, 3.05) is 11.9 Å². The number of halogens is 1. The molecule has 0 radical (unpaired) electrons. The number of nitrogens with one attached hydrogen (secondary N) is 2. The molecule has 1 aromatic rings. The number of rotatable bonds is 4. The molecule has 4 amide bonds. The number of imide groups is 1. The minimum Gasteiger partial charge on any atom is -0.481 e. The first-order valence-corrected chi connectivity index (χ1v) is 9.03. The molecule has 2 aliphatic rings. The van der Waals surface area contributed by atoms with Gasteiger partial charge in [-0.15, -0.1) is 0 Å². The van der Waals surface area contributed by atoms with E-state index >= 15 is 0 Å². The summed E-state index contributed by atoms with van der Waals surface area (Å²) in [6.07, 6.45) is 1.16. The van der Waals surface area contributed by atoms with Gasteiger partial charge >= 0.3 is 12.0 Å². The number of hydrogen-bond acceptors (Lipinski definition) is 4. The maximum Gasteiger partial charge on any atom is 0.325 e. The molecule has 0 aromatic heterocycles. The van der Waals surface area contributed by atoms with Crippen LogP contribution in [0.5, 0.6) is 0 Å². The Morgan fingerprint density at radius 1 is 1.27 bits per heavy atom. The Bertz CT molecular complexity index is 773. The highest BCUT2D eigenvalue weighted by atomic mass is 79.9. The van der Waals surface area contributed by atoms with Crippen LogP contribution in [-0.2, 0) is 14.4 Å². The summed E-state index contributed by atoms with van der Waals surface area (Å²) in [6, 6.07) is 6.39. The molecule has 138 valence electrons. The standard InChI is InChI=1S/C17H18BrN3O5/c18-11-3-1-2-4-12(11)19-13(22)9-21-15(25)17(20-16(21)26)7-5-10(6-8-17)14(23)24/h1-4,10H,5-9H2,(H,19,22)(H,20,26)(H,23,24). The lowest BCUT2D eigenvalue weighted by molar-refractivity contribution is -0.145. The fourth-order valence-electron chi connectivity index (χ4n) is 3.41. The number of hydrogen-bond donors (Lipinski definition) is 3. The predicted molar refractivity (Wildman–Crippen MR) is 95.3 cm³/mol. The van der Waals surface area contributed by atoms with Crippen molar-refractivity contribution < 1.29 is 24.3 Å². The van der Waals surface area contributed by atoms with E-state index in [1.54, 1.807) is 24.3 Å². The topological polar surface area (TPSA) is 116 Å². The van der Waals surface area contributed by atoms with Gasteiger partial charge in [-0.2, -0.15) is 0 Å². The zero-order valence-electron chi connectivity index (χ0n) is 13.8. The van der Waals surface area contributed by atoms with E-state index in [0.717, 1.165) is 4.90 Å². The van der Waals surface area contributed by atoms with Gasteiger partial charge in [0.15, 0.2) is 0 Å². The molecular weight excluding hydrogens is 406 g/mol. The number of para-hydroxylation sites is 1. The molecule has 1 aromatic carbocycles. The van der Waals surface area contributed by atoms with E-state index in [1.807, 2.05) is 0 Å².